The first-order valence-electron chi connectivity index (χ1n) is 6.27. The lowest BCUT2D eigenvalue weighted by Gasteiger charge is -2.26. The van der Waals surface area contributed by atoms with Crippen LogP contribution in [0.1, 0.15) is 20.8 Å². The average Bonchev–Trinajstić information content (AvgIpc) is 2.53. The molecular formula is C16H14Br4. The molecule has 4 atom stereocenters. The fraction of sp³-hybridized carbons (Fsp3) is 0.250. The Labute approximate surface area is 153 Å². The second-order valence-electron chi connectivity index (χ2n) is 4.51. The van der Waals surface area contributed by atoms with Crippen molar-refractivity contribution in [2.75, 3.05) is 0 Å². The molecule has 2 aromatic rings. The summed E-state index contributed by atoms with van der Waals surface area (Å²) in [4.78, 5) is 1.01. The Balaban J connectivity index is 2.10. The standard InChI is InChI=1S/C16H14Br4/c17-13(11-7-3-1-4-8-11)15(19)16(20)14(18)12-9-5-2-6-10-12/h1-10,13-16H. The molecule has 0 heterocycles. The first-order chi connectivity index (χ1) is 9.61. The van der Waals surface area contributed by atoms with Crippen LogP contribution in [0.25, 0.3) is 0 Å². The van der Waals surface area contributed by atoms with Gasteiger partial charge < -0.3 is 0 Å². The number of benzene rings is 2. The Morgan fingerprint density at radius 1 is 0.500 bits per heavy atom. The predicted octanol–water partition coefficient (Wildman–Crippen LogP) is 6.79. The van der Waals surface area contributed by atoms with E-state index in [4.69, 9.17) is 0 Å². The van der Waals surface area contributed by atoms with Crippen LogP contribution in [0.4, 0.5) is 0 Å². The number of alkyl halides is 4. The van der Waals surface area contributed by atoms with Crippen molar-refractivity contribution in [1.82, 2.24) is 0 Å². The molecule has 0 aliphatic heterocycles. The van der Waals surface area contributed by atoms with E-state index in [1.807, 2.05) is 12.1 Å². The summed E-state index contributed by atoms with van der Waals surface area (Å²) in [7, 11) is 0. The minimum Gasteiger partial charge on any atom is -0.0862 e. The van der Waals surface area contributed by atoms with Crippen LogP contribution in [0.5, 0.6) is 0 Å². The van der Waals surface area contributed by atoms with Crippen molar-refractivity contribution in [3.63, 3.8) is 0 Å². The quantitative estimate of drug-likeness (QED) is 0.377. The molecule has 0 fully saturated rings. The van der Waals surface area contributed by atoms with Gasteiger partial charge in [-0.3, -0.25) is 0 Å². The van der Waals surface area contributed by atoms with Gasteiger partial charge >= 0.3 is 0 Å². The molecule has 2 rings (SSSR count). The Morgan fingerprint density at radius 2 is 0.800 bits per heavy atom. The molecule has 0 aliphatic rings. The van der Waals surface area contributed by atoms with Gasteiger partial charge in [-0.2, -0.15) is 0 Å². The van der Waals surface area contributed by atoms with Crippen LogP contribution in [-0.2, 0) is 0 Å². The second kappa shape index (κ2) is 8.11. The van der Waals surface area contributed by atoms with E-state index >= 15 is 0 Å². The van der Waals surface area contributed by atoms with Gasteiger partial charge in [-0.1, -0.05) is 124 Å². The van der Waals surface area contributed by atoms with Crippen LogP contribution in [0, 0.1) is 0 Å². The van der Waals surface area contributed by atoms with Crippen molar-refractivity contribution in [2.24, 2.45) is 0 Å². The molecular weight excluding hydrogens is 512 g/mol. The third-order valence-corrected chi connectivity index (χ3v) is 9.62. The molecule has 106 valence electrons. The average molecular weight is 526 g/mol. The van der Waals surface area contributed by atoms with E-state index in [-0.39, 0.29) is 19.3 Å². The van der Waals surface area contributed by atoms with E-state index in [2.05, 4.69) is 112 Å². The number of rotatable bonds is 5. The van der Waals surface area contributed by atoms with Gasteiger partial charge in [0.2, 0.25) is 0 Å². The predicted molar refractivity (Wildman–Crippen MR) is 102 cm³/mol. The molecule has 0 bridgehead atoms. The van der Waals surface area contributed by atoms with E-state index in [0.717, 1.165) is 0 Å². The summed E-state index contributed by atoms with van der Waals surface area (Å²) in [5, 5.41) is 0. The van der Waals surface area contributed by atoms with Gasteiger partial charge in [0.25, 0.3) is 0 Å². The van der Waals surface area contributed by atoms with Crippen LogP contribution in [0.3, 0.4) is 0 Å². The lowest BCUT2D eigenvalue weighted by molar-refractivity contribution is 0.782. The molecule has 0 N–H and O–H groups in total. The van der Waals surface area contributed by atoms with Crippen LogP contribution in [0.2, 0.25) is 0 Å². The molecule has 4 heteroatoms. The maximum atomic E-state index is 3.82. The molecule has 4 unspecified atom stereocenters. The molecule has 0 aliphatic carbocycles. The Bertz CT molecular complexity index is 465. The topological polar surface area (TPSA) is 0 Å². The van der Waals surface area contributed by atoms with Crippen molar-refractivity contribution in [2.45, 2.75) is 19.3 Å². The summed E-state index contributed by atoms with van der Waals surface area (Å²) in [5.41, 5.74) is 2.54. The van der Waals surface area contributed by atoms with Gasteiger partial charge in [0, 0.05) is 9.65 Å². The normalized spacial score (nSPS) is 17.2. The third kappa shape index (κ3) is 4.19. The van der Waals surface area contributed by atoms with Crippen molar-refractivity contribution < 1.29 is 0 Å². The summed E-state index contributed by atoms with van der Waals surface area (Å²) < 4.78 is 0. The molecule has 0 saturated carbocycles. The minimum absolute atomic E-state index is 0.247. The minimum atomic E-state index is 0.247. The molecule has 20 heavy (non-hydrogen) atoms. The van der Waals surface area contributed by atoms with E-state index in [9.17, 15) is 0 Å². The highest BCUT2D eigenvalue weighted by atomic mass is 79.9. The van der Waals surface area contributed by atoms with Gasteiger partial charge in [0.15, 0.2) is 0 Å². The number of halogens is 4. The van der Waals surface area contributed by atoms with E-state index in [1.54, 1.807) is 0 Å². The molecule has 0 amide bonds. The zero-order valence-electron chi connectivity index (χ0n) is 10.6. The SMILES string of the molecule is BrC(c1ccccc1)C(Br)C(Br)C(Br)c1ccccc1. The van der Waals surface area contributed by atoms with E-state index < -0.39 is 0 Å². The molecule has 0 spiro atoms. The maximum absolute atomic E-state index is 3.82. The van der Waals surface area contributed by atoms with Gasteiger partial charge in [-0.25, -0.2) is 0 Å². The van der Waals surface area contributed by atoms with Crippen molar-refractivity contribution in [3.8, 4) is 0 Å². The lowest BCUT2D eigenvalue weighted by Crippen LogP contribution is -2.23. The maximum Gasteiger partial charge on any atom is 0.0531 e. The molecule has 0 nitrogen and oxygen atoms in total. The summed E-state index contributed by atoms with van der Waals surface area (Å²) in [6, 6.07) is 20.9. The first kappa shape index (κ1) is 16.7. The largest absolute Gasteiger partial charge is 0.0862 e. The smallest absolute Gasteiger partial charge is 0.0531 e. The highest BCUT2D eigenvalue weighted by Crippen LogP contribution is 2.43. The van der Waals surface area contributed by atoms with Crippen LogP contribution < -0.4 is 0 Å². The van der Waals surface area contributed by atoms with Gasteiger partial charge in [0.05, 0.1) is 9.65 Å². The van der Waals surface area contributed by atoms with Gasteiger partial charge in [-0.15, -0.1) is 0 Å². The number of hydrogen-bond donors (Lipinski definition) is 0. The van der Waals surface area contributed by atoms with Crippen LogP contribution in [-0.4, -0.2) is 9.65 Å². The van der Waals surface area contributed by atoms with Gasteiger partial charge in [0.1, 0.15) is 0 Å². The Kier molecular flexibility index (Phi) is 6.79. The fourth-order valence-corrected chi connectivity index (χ4v) is 5.27. The zero-order chi connectivity index (χ0) is 14.5. The van der Waals surface area contributed by atoms with Crippen molar-refractivity contribution >= 4 is 63.7 Å². The second-order valence-corrected chi connectivity index (χ2v) is 8.60. The van der Waals surface area contributed by atoms with Crippen LogP contribution in [0.15, 0.2) is 60.7 Å². The molecule has 2 aromatic carbocycles. The highest BCUT2D eigenvalue weighted by Gasteiger charge is 2.30. The van der Waals surface area contributed by atoms with Gasteiger partial charge in [-0.05, 0) is 11.1 Å². The highest BCUT2D eigenvalue weighted by molar-refractivity contribution is 9.14. The number of hydrogen-bond acceptors (Lipinski definition) is 0. The van der Waals surface area contributed by atoms with Crippen LogP contribution >= 0.6 is 63.7 Å². The fourth-order valence-electron chi connectivity index (χ4n) is 1.96. The Morgan fingerprint density at radius 3 is 1.10 bits per heavy atom. The third-order valence-electron chi connectivity index (χ3n) is 3.10. The van der Waals surface area contributed by atoms with Crippen molar-refractivity contribution in [3.05, 3.63) is 71.8 Å². The monoisotopic (exact) mass is 522 g/mol. The zero-order valence-corrected chi connectivity index (χ0v) is 16.9. The first-order valence-corrected chi connectivity index (χ1v) is 9.93. The molecule has 0 saturated heterocycles. The summed E-state index contributed by atoms with van der Waals surface area (Å²) in [5.74, 6) is 0. The Hall–Kier alpha value is 0.360. The van der Waals surface area contributed by atoms with E-state index in [1.165, 1.54) is 11.1 Å². The summed E-state index contributed by atoms with van der Waals surface area (Å²) in [6.45, 7) is 0. The lowest BCUT2D eigenvalue weighted by atomic mass is 10.0. The summed E-state index contributed by atoms with van der Waals surface area (Å²) in [6.07, 6.45) is 0. The van der Waals surface area contributed by atoms with Crippen molar-refractivity contribution in [1.29, 1.82) is 0 Å². The summed E-state index contributed by atoms with van der Waals surface area (Å²) >= 11 is 15.2. The van der Waals surface area contributed by atoms with E-state index in [0.29, 0.717) is 0 Å². The molecule has 0 radical (unpaired) electrons. The molecule has 0 aromatic heterocycles.